The monoisotopic (exact) mass is 238 g/mol. The van der Waals surface area contributed by atoms with E-state index in [0.29, 0.717) is 0 Å². The Morgan fingerprint density at radius 1 is 1.00 bits per heavy atom. The number of nitrogens with one attached hydrogen (secondary N) is 1. The molecule has 1 N–H and O–H groups in total. The summed E-state index contributed by atoms with van der Waals surface area (Å²) in [5, 5.41) is 3.77. The second-order valence-corrected chi connectivity index (χ2v) is 6.29. The number of hydrogen-bond donors (Lipinski definition) is 1. The average Bonchev–Trinajstić information content (AvgIpc) is 2.34. The second kappa shape index (κ2) is 6.75. The van der Waals surface area contributed by atoms with Crippen LogP contribution in [0.4, 0.5) is 0 Å². The number of rotatable bonds is 4. The molecule has 0 aromatic carbocycles. The van der Waals surface area contributed by atoms with Crippen LogP contribution in [0.15, 0.2) is 0 Å². The van der Waals surface area contributed by atoms with Crippen molar-refractivity contribution in [3.63, 3.8) is 0 Å². The van der Waals surface area contributed by atoms with Crippen LogP contribution in [0.25, 0.3) is 0 Å². The highest BCUT2D eigenvalue weighted by molar-refractivity contribution is 4.77. The summed E-state index contributed by atoms with van der Waals surface area (Å²) >= 11 is 0. The summed E-state index contributed by atoms with van der Waals surface area (Å²) in [6.07, 6.45) is 9.90. The summed E-state index contributed by atoms with van der Waals surface area (Å²) < 4.78 is 0. The van der Waals surface area contributed by atoms with Crippen molar-refractivity contribution >= 4 is 0 Å². The summed E-state index contributed by atoms with van der Waals surface area (Å²) in [6.45, 7) is 8.56. The number of nitrogens with zero attached hydrogens (tertiary/aromatic N) is 1. The van der Waals surface area contributed by atoms with Crippen LogP contribution in [-0.2, 0) is 0 Å². The van der Waals surface area contributed by atoms with E-state index in [1.807, 2.05) is 0 Å². The van der Waals surface area contributed by atoms with Crippen molar-refractivity contribution in [2.75, 3.05) is 19.6 Å². The van der Waals surface area contributed by atoms with E-state index in [4.69, 9.17) is 0 Å². The van der Waals surface area contributed by atoms with E-state index in [1.165, 1.54) is 64.6 Å². The van der Waals surface area contributed by atoms with Gasteiger partial charge in [0.2, 0.25) is 0 Å². The van der Waals surface area contributed by atoms with E-state index in [-0.39, 0.29) is 0 Å². The van der Waals surface area contributed by atoms with Crippen LogP contribution < -0.4 is 5.32 Å². The lowest BCUT2D eigenvalue weighted by Crippen LogP contribution is -2.43. The Balaban J connectivity index is 1.59. The topological polar surface area (TPSA) is 15.3 Å². The Morgan fingerprint density at radius 2 is 1.76 bits per heavy atom. The van der Waals surface area contributed by atoms with Gasteiger partial charge in [-0.25, -0.2) is 0 Å². The molecule has 1 heterocycles. The van der Waals surface area contributed by atoms with Gasteiger partial charge in [0.25, 0.3) is 0 Å². The lowest BCUT2D eigenvalue weighted by molar-refractivity contribution is 0.158. The Bertz CT molecular complexity index is 209. The van der Waals surface area contributed by atoms with E-state index in [9.17, 15) is 0 Å². The summed E-state index contributed by atoms with van der Waals surface area (Å²) in [7, 11) is 0. The van der Waals surface area contributed by atoms with Crippen molar-refractivity contribution in [3.05, 3.63) is 0 Å². The zero-order valence-electron chi connectivity index (χ0n) is 11.8. The summed E-state index contributed by atoms with van der Waals surface area (Å²) in [5.41, 5.74) is 0. The normalized spacial score (nSPS) is 36.0. The molecule has 2 fully saturated rings. The predicted molar refractivity (Wildman–Crippen MR) is 74.3 cm³/mol. The van der Waals surface area contributed by atoms with Crippen LogP contribution >= 0.6 is 0 Å². The van der Waals surface area contributed by atoms with E-state index in [1.54, 1.807) is 0 Å². The third-order valence-corrected chi connectivity index (χ3v) is 4.79. The Morgan fingerprint density at radius 3 is 2.47 bits per heavy atom. The molecule has 2 aliphatic rings. The van der Waals surface area contributed by atoms with Gasteiger partial charge in [-0.15, -0.1) is 0 Å². The molecule has 2 nitrogen and oxygen atoms in total. The maximum atomic E-state index is 3.77. The first-order valence-electron chi connectivity index (χ1n) is 7.73. The third kappa shape index (κ3) is 4.26. The van der Waals surface area contributed by atoms with Crippen molar-refractivity contribution in [1.29, 1.82) is 0 Å². The minimum atomic E-state index is 0.811. The van der Waals surface area contributed by atoms with Crippen molar-refractivity contribution in [3.8, 4) is 0 Å². The van der Waals surface area contributed by atoms with E-state index >= 15 is 0 Å². The zero-order chi connectivity index (χ0) is 12.1. The maximum Gasteiger partial charge on any atom is 0.0110 e. The number of likely N-dealkylation sites (tertiary alicyclic amines) is 1. The zero-order valence-corrected chi connectivity index (χ0v) is 11.8. The van der Waals surface area contributed by atoms with Gasteiger partial charge in [0.15, 0.2) is 0 Å². The lowest BCUT2D eigenvalue weighted by atomic mass is 9.87. The second-order valence-electron chi connectivity index (χ2n) is 6.29. The van der Waals surface area contributed by atoms with Gasteiger partial charge in [0.1, 0.15) is 0 Å². The molecule has 1 saturated carbocycles. The minimum Gasteiger partial charge on any atom is -0.313 e. The smallest absolute Gasteiger partial charge is 0.0110 e. The predicted octanol–water partition coefficient (Wildman–Crippen LogP) is 3.03. The molecule has 2 rings (SSSR count). The van der Waals surface area contributed by atoms with Crippen LogP contribution in [0.5, 0.6) is 0 Å². The van der Waals surface area contributed by atoms with Gasteiger partial charge in [-0.2, -0.15) is 0 Å². The quantitative estimate of drug-likeness (QED) is 0.810. The van der Waals surface area contributed by atoms with Crippen LogP contribution in [0.3, 0.4) is 0 Å². The number of piperidine rings is 1. The van der Waals surface area contributed by atoms with Crippen LogP contribution in [0.1, 0.15) is 58.8 Å². The molecule has 1 aliphatic heterocycles. The molecule has 0 aromatic heterocycles. The highest BCUT2D eigenvalue weighted by atomic mass is 15.2. The van der Waals surface area contributed by atoms with Gasteiger partial charge in [0, 0.05) is 25.2 Å². The summed E-state index contributed by atoms with van der Waals surface area (Å²) in [6, 6.07) is 1.63. The lowest BCUT2D eigenvalue weighted by Gasteiger charge is -2.34. The van der Waals surface area contributed by atoms with Gasteiger partial charge >= 0.3 is 0 Å². The molecule has 1 saturated heterocycles. The highest BCUT2D eigenvalue weighted by Gasteiger charge is 2.20. The molecule has 0 radical (unpaired) electrons. The van der Waals surface area contributed by atoms with Crippen LogP contribution in [-0.4, -0.2) is 36.6 Å². The van der Waals surface area contributed by atoms with E-state index < -0.39 is 0 Å². The van der Waals surface area contributed by atoms with Gasteiger partial charge in [-0.3, -0.25) is 4.90 Å². The van der Waals surface area contributed by atoms with E-state index in [2.05, 4.69) is 24.1 Å². The average molecular weight is 238 g/mol. The maximum absolute atomic E-state index is 3.77. The molecule has 1 aliphatic carbocycles. The first-order valence-corrected chi connectivity index (χ1v) is 7.73. The fourth-order valence-corrected chi connectivity index (χ4v) is 3.37. The molecule has 0 amide bonds. The van der Waals surface area contributed by atoms with Crippen molar-refractivity contribution in [2.45, 2.75) is 70.9 Å². The standard InChI is InChI=1S/C15H30N2/c1-13-6-8-15(9-7-13)16-10-12-17-11-4-3-5-14(17)2/h13-16H,3-12H2,1-2H3. The molecule has 0 aromatic rings. The molecule has 17 heavy (non-hydrogen) atoms. The number of hydrogen-bond acceptors (Lipinski definition) is 2. The van der Waals surface area contributed by atoms with Crippen molar-refractivity contribution in [1.82, 2.24) is 10.2 Å². The Hall–Kier alpha value is -0.0800. The molecule has 100 valence electrons. The summed E-state index contributed by atoms with van der Waals surface area (Å²) in [5.74, 6) is 0.968. The molecule has 2 heteroatoms. The molecule has 0 spiro atoms. The van der Waals surface area contributed by atoms with Gasteiger partial charge in [0.05, 0.1) is 0 Å². The van der Waals surface area contributed by atoms with Gasteiger partial charge < -0.3 is 5.32 Å². The molecule has 1 unspecified atom stereocenters. The minimum absolute atomic E-state index is 0.811. The van der Waals surface area contributed by atoms with E-state index in [0.717, 1.165) is 18.0 Å². The highest BCUT2D eigenvalue weighted by Crippen LogP contribution is 2.23. The van der Waals surface area contributed by atoms with Crippen molar-refractivity contribution in [2.24, 2.45) is 5.92 Å². The largest absolute Gasteiger partial charge is 0.313 e. The van der Waals surface area contributed by atoms with Gasteiger partial charge in [-0.1, -0.05) is 13.3 Å². The molecular weight excluding hydrogens is 208 g/mol. The Kier molecular flexibility index (Phi) is 5.30. The fourth-order valence-electron chi connectivity index (χ4n) is 3.37. The van der Waals surface area contributed by atoms with Crippen LogP contribution in [0, 0.1) is 5.92 Å². The fraction of sp³-hybridized carbons (Fsp3) is 1.00. The molecule has 0 bridgehead atoms. The van der Waals surface area contributed by atoms with Gasteiger partial charge in [-0.05, 0) is 57.9 Å². The van der Waals surface area contributed by atoms with Crippen molar-refractivity contribution < 1.29 is 0 Å². The molecule has 1 atom stereocenters. The molecular formula is C15H30N2. The first kappa shape index (κ1) is 13.4. The third-order valence-electron chi connectivity index (χ3n) is 4.79. The van der Waals surface area contributed by atoms with Crippen LogP contribution in [0.2, 0.25) is 0 Å². The first-order chi connectivity index (χ1) is 8.25. The Labute approximate surface area is 107 Å². The summed E-state index contributed by atoms with van der Waals surface area (Å²) in [4.78, 5) is 2.67. The SMILES string of the molecule is CC1CCC(NCCN2CCCCC2C)CC1.